The highest BCUT2D eigenvalue weighted by atomic mass is 16.2. The van der Waals surface area contributed by atoms with Gasteiger partial charge in [-0.1, -0.05) is 35.9 Å². The van der Waals surface area contributed by atoms with Crippen LogP contribution < -0.4 is 0 Å². The molecule has 21 heavy (non-hydrogen) atoms. The fourth-order valence-corrected chi connectivity index (χ4v) is 2.56. The summed E-state index contributed by atoms with van der Waals surface area (Å²) in [4.78, 5) is 16.3. The normalized spacial score (nSPS) is 18.4. The van der Waals surface area contributed by atoms with E-state index in [0.717, 1.165) is 45.3 Å². The van der Waals surface area contributed by atoms with Crippen LogP contribution in [0.1, 0.15) is 18.4 Å². The van der Waals surface area contributed by atoms with Crippen molar-refractivity contribution < 1.29 is 15.7 Å². The van der Waals surface area contributed by atoms with Crippen LogP contribution in [-0.4, -0.2) is 60.2 Å². The number of piperazine rings is 1. The number of carbonyl (C=O) groups excluding carboxylic acids is 1. The van der Waals surface area contributed by atoms with Gasteiger partial charge in [-0.2, -0.15) is 0 Å². The van der Waals surface area contributed by atoms with Crippen molar-refractivity contribution in [2.75, 3.05) is 26.2 Å². The van der Waals surface area contributed by atoms with Gasteiger partial charge < -0.3 is 20.7 Å². The van der Waals surface area contributed by atoms with Crippen LogP contribution in [0.3, 0.4) is 0 Å². The average Bonchev–Trinajstić information content (AvgIpc) is 3.31. The van der Waals surface area contributed by atoms with Crippen LogP contribution >= 0.6 is 0 Å². The van der Waals surface area contributed by atoms with Crippen molar-refractivity contribution in [3.05, 3.63) is 35.9 Å². The van der Waals surface area contributed by atoms with Crippen molar-refractivity contribution in [3.63, 3.8) is 0 Å². The molecule has 1 heterocycles. The first kappa shape index (κ1) is 17.7. The Kier molecular flexibility index (Phi) is 6.88. The summed E-state index contributed by atoms with van der Waals surface area (Å²) in [6.45, 7) is 3.73. The van der Waals surface area contributed by atoms with E-state index in [1.807, 2.05) is 11.0 Å². The third-order valence-corrected chi connectivity index (χ3v) is 3.98. The lowest BCUT2D eigenvalue weighted by atomic mass is 9.81. The predicted molar refractivity (Wildman–Crippen MR) is 84.0 cm³/mol. The number of hydrogen-bond acceptors (Lipinski definition) is 2. The highest BCUT2D eigenvalue weighted by molar-refractivity contribution is 6.31. The molecule has 1 aromatic rings. The summed E-state index contributed by atoms with van der Waals surface area (Å²) in [6.07, 6.45) is 3.20. The Morgan fingerprint density at radius 1 is 1.05 bits per heavy atom. The second-order valence-corrected chi connectivity index (χ2v) is 5.51. The van der Waals surface area contributed by atoms with Crippen molar-refractivity contribution in [3.8, 4) is 0 Å². The van der Waals surface area contributed by atoms with Gasteiger partial charge >= 0.3 is 0 Å². The number of nitrogens with zero attached hydrogens (tertiary/aromatic N) is 2. The standard InChI is InChI=1S/C15H20BN2O.2H2O/c19-15(14-6-7-14)17-8-10-18(11-9-17)16-12-13-4-2-1-3-5-13;;/h1-5,14H,6-12H2;2*1H2. The van der Waals surface area contributed by atoms with Crippen molar-refractivity contribution in [2.45, 2.75) is 19.2 Å². The zero-order valence-electron chi connectivity index (χ0n) is 12.3. The molecule has 1 amide bonds. The van der Waals surface area contributed by atoms with Crippen molar-refractivity contribution in [1.29, 1.82) is 0 Å². The molecule has 1 aliphatic carbocycles. The fourth-order valence-electron chi connectivity index (χ4n) is 2.56. The molecule has 1 aromatic carbocycles. The molecule has 5 nitrogen and oxygen atoms in total. The molecule has 6 heteroatoms. The first-order valence-corrected chi connectivity index (χ1v) is 7.23. The van der Waals surface area contributed by atoms with Gasteiger partial charge in [0.15, 0.2) is 0 Å². The minimum atomic E-state index is 0. The Morgan fingerprint density at radius 3 is 2.24 bits per heavy atom. The summed E-state index contributed by atoms with van der Waals surface area (Å²) >= 11 is 0. The van der Waals surface area contributed by atoms with Crippen LogP contribution in [0.5, 0.6) is 0 Å². The summed E-state index contributed by atoms with van der Waals surface area (Å²) in [5, 5.41) is 0. The van der Waals surface area contributed by atoms with Gasteiger partial charge in [0.2, 0.25) is 13.3 Å². The van der Waals surface area contributed by atoms with Crippen molar-refractivity contribution in [2.24, 2.45) is 5.92 Å². The first-order chi connectivity index (χ1) is 9.33. The molecule has 0 bridgehead atoms. The van der Waals surface area contributed by atoms with Gasteiger partial charge in [-0.25, -0.2) is 0 Å². The average molecular weight is 291 g/mol. The monoisotopic (exact) mass is 291 g/mol. The molecule has 4 N–H and O–H groups in total. The maximum absolute atomic E-state index is 11.9. The number of amides is 1. The quantitative estimate of drug-likeness (QED) is 0.714. The molecule has 1 radical (unpaired) electrons. The van der Waals surface area contributed by atoms with E-state index in [0.29, 0.717) is 11.8 Å². The molecule has 1 saturated carbocycles. The van der Waals surface area contributed by atoms with Crippen LogP contribution in [0, 0.1) is 5.92 Å². The molecular formula is C15H24BN2O3. The zero-order chi connectivity index (χ0) is 13.1. The number of benzene rings is 1. The van der Waals surface area contributed by atoms with Gasteiger partial charge in [-0.05, 0) is 19.2 Å². The minimum absolute atomic E-state index is 0. The van der Waals surface area contributed by atoms with E-state index in [2.05, 4.69) is 36.5 Å². The van der Waals surface area contributed by atoms with E-state index < -0.39 is 0 Å². The van der Waals surface area contributed by atoms with Crippen molar-refractivity contribution in [1.82, 2.24) is 9.71 Å². The minimum Gasteiger partial charge on any atom is -0.412 e. The largest absolute Gasteiger partial charge is 0.412 e. The van der Waals surface area contributed by atoms with Gasteiger partial charge in [0.25, 0.3) is 0 Å². The lowest BCUT2D eigenvalue weighted by molar-refractivity contribution is -0.133. The van der Waals surface area contributed by atoms with Gasteiger partial charge in [0.1, 0.15) is 0 Å². The molecule has 1 aliphatic heterocycles. The van der Waals surface area contributed by atoms with E-state index in [1.165, 1.54) is 5.56 Å². The van der Waals surface area contributed by atoms with Gasteiger partial charge in [0, 0.05) is 32.1 Å². The molecule has 3 rings (SSSR count). The predicted octanol–water partition coefficient (Wildman–Crippen LogP) is -0.289. The van der Waals surface area contributed by atoms with E-state index in [1.54, 1.807) is 0 Å². The van der Waals surface area contributed by atoms with Crippen LogP contribution in [-0.2, 0) is 11.1 Å². The van der Waals surface area contributed by atoms with Gasteiger partial charge in [-0.15, -0.1) is 0 Å². The topological polar surface area (TPSA) is 86.5 Å². The highest BCUT2D eigenvalue weighted by Gasteiger charge is 2.34. The molecule has 2 aliphatic rings. The van der Waals surface area contributed by atoms with E-state index in [4.69, 9.17) is 0 Å². The summed E-state index contributed by atoms with van der Waals surface area (Å²) in [5.74, 6) is 0.752. The molecule has 0 unspecified atom stereocenters. The van der Waals surface area contributed by atoms with Gasteiger partial charge in [-0.3, -0.25) is 4.79 Å². The zero-order valence-corrected chi connectivity index (χ0v) is 12.3. The molecule has 1 saturated heterocycles. The summed E-state index contributed by atoms with van der Waals surface area (Å²) in [5.41, 5.74) is 1.35. The second-order valence-electron chi connectivity index (χ2n) is 5.51. The van der Waals surface area contributed by atoms with E-state index >= 15 is 0 Å². The van der Waals surface area contributed by atoms with Crippen LogP contribution in [0.2, 0.25) is 0 Å². The van der Waals surface area contributed by atoms with Crippen LogP contribution in [0.25, 0.3) is 0 Å². The molecule has 0 aromatic heterocycles. The Bertz CT molecular complexity index is 432. The molecular weight excluding hydrogens is 267 g/mol. The fraction of sp³-hybridized carbons (Fsp3) is 0.533. The number of rotatable bonds is 4. The second kappa shape index (κ2) is 8.17. The summed E-state index contributed by atoms with van der Waals surface area (Å²) in [7, 11) is 2.27. The molecule has 2 fully saturated rings. The number of carbonyl (C=O) groups is 1. The summed E-state index contributed by atoms with van der Waals surface area (Å²) < 4.78 is 0. The lowest BCUT2D eigenvalue weighted by Crippen LogP contribution is -2.50. The Labute approximate surface area is 126 Å². The molecule has 0 spiro atoms. The highest BCUT2D eigenvalue weighted by Crippen LogP contribution is 2.31. The maximum Gasteiger partial charge on any atom is 0.225 e. The van der Waals surface area contributed by atoms with Gasteiger partial charge in [0.05, 0.1) is 0 Å². The van der Waals surface area contributed by atoms with Crippen LogP contribution in [0.15, 0.2) is 30.3 Å². The first-order valence-electron chi connectivity index (χ1n) is 7.23. The maximum atomic E-state index is 11.9. The van der Waals surface area contributed by atoms with E-state index in [9.17, 15) is 4.79 Å². The van der Waals surface area contributed by atoms with Crippen molar-refractivity contribution >= 4 is 13.3 Å². The molecule has 115 valence electrons. The summed E-state index contributed by atoms with van der Waals surface area (Å²) in [6, 6.07) is 10.5. The third kappa shape index (κ3) is 4.84. The Balaban J connectivity index is 0.00000110. The molecule has 0 atom stereocenters. The van der Waals surface area contributed by atoms with Crippen LogP contribution in [0.4, 0.5) is 0 Å². The third-order valence-electron chi connectivity index (χ3n) is 3.98. The SMILES string of the molecule is O.O.O=C(C1CC1)N1CCN([B]Cc2ccccc2)CC1. The Hall–Kier alpha value is -1.37. The smallest absolute Gasteiger partial charge is 0.225 e. The number of hydrogen-bond donors (Lipinski definition) is 0. The Morgan fingerprint density at radius 2 is 1.67 bits per heavy atom. The van der Waals surface area contributed by atoms with E-state index in [-0.39, 0.29) is 11.0 Å². The lowest BCUT2D eigenvalue weighted by Gasteiger charge is -2.34.